The van der Waals surface area contributed by atoms with Crippen molar-refractivity contribution in [1.29, 1.82) is 0 Å². The number of ether oxygens (including phenoxy) is 2. The normalized spacial score (nSPS) is 18.0. The molecule has 2 aromatic rings. The molecule has 0 saturated carbocycles. The number of benzene rings is 2. The molecule has 2 N–H and O–H groups in total. The van der Waals surface area contributed by atoms with Gasteiger partial charge >= 0.3 is 0 Å². The lowest BCUT2D eigenvalue weighted by Gasteiger charge is -2.41. The molecule has 3 rings (SSSR count). The Morgan fingerprint density at radius 3 is 2.48 bits per heavy atom. The highest BCUT2D eigenvalue weighted by Crippen LogP contribution is 2.21. The van der Waals surface area contributed by atoms with Crippen molar-refractivity contribution in [2.24, 2.45) is 0 Å². The van der Waals surface area contributed by atoms with Gasteiger partial charge in [0.25, 0.3) is 0 Å². The number of piperazine rings is 1. The van der Waals surface area contributed by atoms with Crippen LogP contribution in [0.4, 0.5) is 0 Å². The summed E-state index contributed by atoms with van der Waals surface area (Å²) in [5, 5.41) is 18.4. The monoisotopic (exact) mass is 400 g/mol. The van der Waals surface area contributed by atoms with E-state index in [0.717, 1.165) is 50.6 Å². The van der Waals surface area contributed by atoms with Crippen LogP contribution in [0.3, 0.4) is 0 Å². The second kappa shape index (κ2) is 11.2. The summed E-state index contributed by atoms with van der Waals surface area (Å²) in [7, 11) is 1.69. The molecule has 1 atom stereocenters. The number of nitrogens with zero attached hydrogens (tertiary/aromatic N) is 2. The molecular formula is C23H32N2O4. The highest BCUT2D eigenvalue weighted by atomic mass is 16.5. The van der Waals surface area contributed by atoms with Crippen LogP contribution in [0.15, 0.2) is 48.5 Å². The Bertz CT molecular complexity index is 738. The van der Waals surface area contributed by atoms with E-state index in [9.17, 15) is 5.11 Å². The van der Waals surface area contributed by atoms with E-state index in [-0.39, 0.29) is 13.2 Å². The summed E-state index contributed by atoms with van der Waals surface area (Å²) in [6, 6.07) is 16.6. The van der Waals surface area contributed by atoms with Crippen molar-refractivity contribution in [3.05, 3.63) is 59.7 Å². The molecule has 1 heterocycles. The van der Waals surface area contributed by atoms with Crippen LogP contribution in [-0.4, -0.2) is 72.6 Å². The number of aliphatic hydroxyl groups is 2. The first kappa shape index (κ1) is 21.6. The van der Waals surface area contributed by atoms with Gasteiger partial charge in [-0.3, -0.25) is 9.80 Å². The summed E-state index contributed by atoms with van der Waals surface area (Å²) >= 11 is 0. The fourth-order valence-electron chi connectivity index (χ4n) is 3.85. The van der Waals surface area contributed by atoms with Gasteiger partial charge < -0.3 is 19.7 Å². The molecule has 1 fully saturated rings. The van der Waals surface area contributed by atoms with E-state index in [0.29, 0.717) is 12.6 Å². The lowest BCUT2D eigenvalue weighted by Crippen LogP contribution is -2.52. The molecule has 29 heavy (non-hydrogen) atoms. The van der Waals surface area contributed by atoms with Gasteiger partial charge in [-0.1, -0.05) is 24.3 Å². The van der Waals surface area contributed by atoms with E-state index >= 15 is 0 Å². The Hall–Kier alpha value is -2.12. The lowest BCUT2D eigenvalue weighted by atomic mass is 10.1. The number of aliphatic hydroxyl groups excluding tert-OH is 2. The average Bonchev–Trinajstić information content (AvgIpc) is 2.75. The van der Waals surface area contributed by atoms with E-state index in [4.69, 9.17) is 14.6 Å². The first-order valence-corrected chi connectivity index (χ1v) is 10.2. The van der Waals surface area contributed by atoms with Gasteiger partial charge in [0.1, 0.15) is 18.1 Å². The van der Waals surface area contributed by atoms with Crippen LogP contribution in [-0.2, 0) is 13.1 Å². The lowest BCUT2D eigenvalue weighted by molar-refractivity contribution is 0.0499. The highest BCUT2D eigenvalue weighted by Gasteiger charge is 2.26. The van der Waals surface area contributed by atoms with Crippen molar-refractivity contribution in [2.45, 2.75) is 25.6 Å². The summed E-state index contributed by atoms with van der Waals surface area (Å²) in [4.78, 5) is 4.92. The smallest absolute Gasteiger partial charge is 0.119 e. The van der Waals surface area contributed by atoms with Crippen molar-refractivity contribution < 1.29 is 19.7 Å². The molecule has 0 radical (unpaired) electrons. The van der Waals surface area contributed by atoms with Crippen LogP contribution in [0.2, 0.25) is 0 Å². The molecule has 0 amide bonds. The second-order valence-electron chi connectivity index (χ2n) is 7.44. The van der Waals surface area contributed by atoms with Crippen LogP contribution < -0.4 is 9.47 Å². The van der Waals surface area contributed by atoms with E-state index < -0.39 is 0 Å². The third-order valence-electron chi connectivity index (χ3n) is 5.36. The topological polar surface area (TPSA) is 65.4 Å². The molecule has 0 aliphatic carbocycles. The molecule has 0 aromatic heterocycles. The van der Waals surface area contributed by atoms with Crippen molar-refractivity contribution in [2.75, 3.05) is 46.6 Å². The van der Waals surface area contributed by atoms with Crippen molar-refractivity contribution in [1.82, 2.24) is 9.80 Å². The first-order valence-electron chi connectivity index (χ1n) is 10.2. The molecule has 6 heteroatoms. The van der Waals surface area contributed by atoms with Crippen LogP contribution >= 0.6 is 0 Å². The van der Waals surface area contributed by atoms with E-state index in [2.05, 4.69) is 34.1 Å². The van der Waals surface area contributed by atoms with Gasteiger partial charge in [0.2, 0.25) is 0 Å². The Morgan fingerprint density at radius 2 is 1.76 bits per heavy atom. The fraction of sp³-hybridized carbons (Fsp3) is 0.478. The number of hydrogen-bond donors (Lipinski definition) is 2. The van der Waals surface area contributed by atoms with E-state index in [1.165, 1.54) is 11.1 Å². The minimum Gasteiger partial charge on any atom is -0.497 e. The molecule has 1 aliphatic rings. The summed E-state index contributed by atoms with van der Waals surface area (Å²) in [6.07, 6.45) is 0.772. The fourth-order valence-corrected chi connectivity index (χ4v) is 3.85. The van der Waals surface area contributed by atoms with E-state index in [1.54, 1.807) is 7.11 Å². The average molecular weight is 401 g/mol. The predicted molar refractivity (Wildman–Crippen MR) is 113 cm³/mol. The maximum atomic E-state index is 9.57. The van der Waals surface area contributed by atoms with Crippen molar-refractivity contribution in [3.63, 3.8) is 0 Å². The quantitative estimate of drug-likeness (QED) is 0.637. The molecule has 1 saturated heterocycles. The Labute approximate surface area is 173 Å². The Balaban J connectivity index is 1.57. The zero-order valence-electron chi connectivity index (χ0n) is 17.2. The predicted octanol–water partition coefficient (Wildman–Crippen LogP) is 2.14. The first-order chi connectivity index (χ1) is 14.2. The molecule has 0 bridgehead atoms. The molecule has 0 spiro atoms. The van der Waals surface area contributed by atoms with Gasteiger partial charge in [-0.15, -0.1) is 0 Å². The number of methoxy groups -OCH3 is 1. The molecule has 2 aromatic carbocycles. The third-order valence-corrected chi connectivity index (χ3v) is 5.36. The number of rotatable bonds is 10. The molecular weight excluding hydrogens is 368 g/mol. The Morgan fingerprint density at radius 1 is 0.931 bits per heavy atom. The SMILES string of the molecule is COc1cccc(CN2CCN(Cc3ccc(OCCO)cc3)CC2CCO)c1. The Kier molecular flexibility index (Phi) is 8.31. The standard InChI is InChI=1S/C23H32N2O4/c1-28-23-4-2-3-20(15-23)17-25-11-10-24(18-21(25)9-12-26)16-19-5-7-22(8-6-19)29-14-13-27/h2-8,15,21,26-27H,9-14,16-18H2,1H3. The maximum Gasteiger partial charge on any atom is 0.119 e. The minimum absolute atomic E-state index is 0.0219. The largest absolute Gasteiger partial charge is 0.497 e. The van der Waals surface area contributed by atoms with Gasteiger partial charge in [0.15, 0.2) is 0 Å². The second-order valence-corrected chi connectivity index (χ2v) is 7.44. The zero-order chi connectivity index (χ0) is 20.5. The maximum absolute atomic E-state index is 9.57. The summed E-state index contributed by atoms with van der Waals surface area (Å²) < 4.78 is 10.8. The van der Waals surface area contributed by atoms with Crippen LogP contribution in [0.25, 0.3) is 0 Å². The van der Waals surface area contributed by atoms with Gasteiger partial charge in [-0.2, -0.15) is 0 Å². The molecule has 1 aliphatic heterocycles. The van der Waals surface area contributed by atoms with Gasteiger partial charge in [0.05, 0.1) is 13.7 Å². The summed E-state index contributed by atoms with van der Waals surface area (Å²) in [6.45, 7) is 5.19. The number of hydrogen-bond acceptors (Lipinski definition) is 6. The molecule has 1 unspecified atom stereocenters. The van der Waals surface area contributed by atoms with Gasteiger partial charge in [-0.25, -0.2) is 0 Å². The summed E-state index contributed by atoms with van der Waals surface area (Å²) in [5.74, 6) is 1.66. The van der Waals surface area contributed by atoms with Crippen LogP contribution in [0.5, 0.6) is 11.5 Å². The zero-order valence-corrected chi connectivity index (χ0v) is 17.2. The van der Waals surface area contributed by atoms with Crippen molar-refractivity contribution in [3.8, 4) is 11.5 Å². The minimum atomic E-state index is 0.0219. The highest BCUT2D eigenvalue weighted by molar-refractivity contribution is 5.29. The van der Waals surface area contributed by atoms with E-state index in [1.807, 2.05) is 24.3 Å². The van der Waals surface area contributed by atoms with Crippen LogP contribution in [0.1, 0.15) is 17.5 Å². The van der Waals surface area contributed by atoms with Gasteiger partial charge in [-0.05, 0) is 41.8 Å². The van der Waals surface area contributed by atoms with Crippen molar-refractivity contribution >= 4 is 0 Å². The summed E-state index contributed by atoms with van der Waals surface area (Å²) in [5.41, 5.74) is 2.48. The van der Waals surface area contributed by atoms with Gasteiger partial charge in [0, 0.05) is 45.4 Å². The third kappa shape index (κ3) is 6.44. The van der Waals surface area contributed by atoms with Crippen LogP contribution in [0, 0.1) is 0 Å². The molecule has 6 nitrogen and oxygen atoms in total. The molecule has 158 valence electrons.